The van der Waals surface area contributed by atoms with Gasteiger partial charge in [-0.25, -0.2) is 4.98 Å². The number of piperidine rings is 1. The molecular weight excluding hydrogens is 408 g/mol. The van der Waals surface area contributed by atoms with Gasteiger partial charge in [0, 0.05) is 24.3 Å². The molecule has 4 rings (SSSR count). The van der Waals surface area contributed by atoms with Crippen molar-refractivity contribution in [3.05, 3.63) is 82.1 Å². The lowest BCUT2D eigenvalue weighted by atomic mass is 9.70. The smallest absolute Gasteiger partial charge is 0.271 e. The standard InChI is InChI=1S/C24H26N4O2S/c1-18(29)24(20-7-3-2-4-8-20)9-12-28(13-10-24)16-22-27-21(17-31-22)23(30)26-15-19-6-5-11-25-14-19/h2-8,11,14,17H,9-10,12-13,15-16H2,1H3,(H,26,30). The van der Waals surface area contributed by atoms with Gasteiger partial charge in [-0.2, -0.15) is 0 Å². The van der Waals surface area contributed by atoms with Gasteiger partial charge in [-0.3, -0.25) is 19.5 Å². The van der Waals surface area contributed by atoms with Crippen molar-refractivity contribution in [2.45, 2.75) is 38.3 Å². The zero-order chi connectivity index (χ0) is 21.7. The number of hydrogen-bond donors (Lipinski definition) is 1. The Labute approximate surface area is 186 Å². The van der Waals surface area contributed by atoms with Gasteiger partial charge in [-0.05, 0) is 50.0 Å². The summed E-state index contributed by atoms with van der Waals surface area (Å²) in [6.07, 6.45) is 5.05. The number of nitrogens with zero attached hydrogens (tertiary/aromatic N) is 3. The fraction of sp³-hybridized carbons (Fsp3) is 0.333. The highest BCUT2D eigenvalue weighted by Gasteiger charge is 2.40. The molecule has 0 saturated carbocycles. The van der Waals surface area contributed by atoms with Crippen LogP contribution in [0.25, 0.3) is 0 Å². The molecule has 2 aromatic heterocycles. The van der Waals surface area contributed by atoms with E-state index in [2.05, 4.69) is 32.3 Å². The highest BCUT2D eigenvalue weighted by atomic mass is 32.1. The molecule has 0 bridgehead atoms. The number of carbonyl (C=O) groups excluding carboxylic acids is 2. The lowest BCUT2D eigenvalue weighted by molar-refractivity contribution is -0.124. The molecule has 0 radical (unpaired) electrons. The summed E-state index contributed by atoms with van der Waals surface area (Å²) in [5, 5.41) is 5.61. The molecule has 3 heterocycles. The predicted molar refractivity (Wildman–Crippen MR) is 121 cm³/mol. The number of nitrogens with one attached hydrogen (secondary N) is 1. The van der Waals surface area contributed by atoms with Crippen molar-refractivity contribution in [2.75, 3.05) is 13.1 Å². The zero-order valence-corrected chi connectivity index (χ0v) is 18.4. The molecule has 1 amide bonds. The maximum atomic E-state index is 12.6. The summed E-state index contributed by atoms with van der Waals surface area (Å²) in [4.78, 5) is 35.9. The summed E-state index contributed by atoms with van der Waals surface area (Å²) < 4.78 is 0. The lowest BCUT2D eigenvalue weighted by Gasteiger charge is -2.40. The van der Waals surface area contributed by atoms with Gasteiger partial charge in [0.15, 0.2) is 0 Å². The van der Waals surface area contributed by atoms with E-state index in [0.29, 0.717) is 18.8 Å². The molecule has 7 heteroatoms. The first-order chi connectivity index (χ1) is 15.1. The molecule has 0 unspecified atom stereocenters. The second-order valence-corrected chi connectivity index (χ2v) is 8.89. The number of amides is 1. The van der Waals surface area contributed by atoms with E-state index in [4.69, 9.17) is 0 Å². The Bertz CT molecular complexity index is 1030. The minimum atomic E-state index is -0.391. The first-order valence-corrected chi connectivity index (χ1v) is 11.4. The molecule has 1 saturated heterocycles. The first-order valence-electron chi connectivity index (χ1n) is 10.5. The number of hydrogen-bond acceptors (Lipinski definition) is 6. The van der Waals surface area contributed by atoms with E-state index in [-0.39, 0.29) is 11.7 Å². The minimum absolute atomic E-state index is 0.176. The molecule has 160 valence electrons. The highest BCUT2D eigenvalue weighted by molar-refractivity contribution is 7.09. The molecule has 31 heavy (non-hydrogen) atoms. The van der Waals surface area contributed by atoms with Gasteiger partial charge in [0.05, 0.1) is 12.0 Å². The Hall–Kier alpha value is -2.90. The Morgan fingerprint density at radius 3 is 2.58 bits per heavy atom. The van der Waals surface area contributed by atoms with Crippen LogP contribution in [0.1, 0.15) is 46.4 Å². The van der Waals surface area contributed by atoms with Gasteiger partial charge in [-0.1, -0.05) is 36.4 Å². The Morgan fingerprint density at radius 1 is 1.13 bits per heavy atom. The van der Waals surface area contributed by atoms with E-state index < -0.39 is 5.41 Å². The van der Waals surface area contributed by atoms with Crippen molar-refractivity contribution in [1.82, 2.24) is 20.2 Å². The Morgan fingerprint density at radius 2 is 1.90 bits per heavy atom. The van der Waals surface area contributed by atoms with E-state index in [9.17, 15) is 9.59 Å². The molecule has 0 aliphatic carbocycles. The molecule has 3 aromatic rings. The van der Waals surface area contributed by atoms with Gasteiger partial charge < -0.3 is 5.32 Å². The van der Waals surface area contributed by atoms with Crippen LogP contribution in [0.3, 0.4) is 0 Å². The SMILES string of the molecule is CC(=O)C1(c2ccccc2)CCN(Cc2nc(C(=O)NCc3cccnc3)cs2)CC1. The fourth-order valence-corrected chi connectivity index (χ4v) is 4.96. The third kappa shape index (κ3) is 4.89. The average molecular weight is 435 g/mol. The normalized spacial score (nSPS) is 16.0. The van der Waals surface area contributed by atoms with Crippen LogP contribution in [0, 0.1) is 0 Å². The summed E-state index contributed by atoms with van der Waals surface area (Å²) >= 11 is 1.50. The van der Waals surface area contributed by atoms with Crippen LogP contribution in [0.15, 0.2) is 60.2 Å². The van der Waals surface area contributed by atoms with Crippen LogP contribution in [-0.2, 0) is 23.3 Å². The van der Waals surface area contributed by atoms with Crippen LogP contribution in [0.2, 0.25) is 0 Å². The van der Waals surface area contributed by atoms with E-state index in [1.165, 1.54) is 11.3 Å². The molecule has 1 fully saturated rings. The van der Waals surface area contributed by atoms with E-state index in [0.717, 1.165) is 42.1 Å². The molecule has 1 aliphatic rings. The maximum absolute atomic E-state index is 12.6. The predicted octanol–water partition coefficient (Wildman–Crippen LogP) is 3.59. The molecule has 0 atom stereocenters. The molecule has 1 aliphatic heterocycles. The quantitative estimate of drug-likeness (QED) is 0.615. The second-order valence-electron chi connectivity index (χ2n) is 7.95. The van der Waals surface area contributed by atoms with Crippen LogP contribution in [0.5, 0.6) is 0 Å². The third-order valence-corrected chi connectivity index (χ3v) is 6.86. The van der Waals surface area contributed by atoms with E-state index in [1.54, 1.807) is 19.3 Å². The summed E-state index contributed by atoms with van der Waals surface area (Å²) in [5.74, 6) is 0.0600. The topological polar surface area (TPSA) is 75.2 Å². The van der Waals surface area contributed by atoms with Crippen molar-refractivity contribution in [3.63, 3.8) is 0 Å². The van der Waals surface area contributed by atoms with Crippen molar-refractivity contribution in [1.29, 1.82) is 0 Å². The van der Waals surface area contributed by atoms with Gasteiger partial charge in [0.25, 0.3) is 5.91 Å². The number of ketones is 1. The molecule has 6 nitrogen and oxygen atoms in total. The third-order valence-electron chi connectivity index (χ3n) is 6.03. The van der Waals surface area contributed by atoms with E-state index >= 15 is 0 Å². The average Bonchev–Trinajstić information content (AvgIpc) is 3.28. The number of thiazole rings is 1. The minimum Gasteiger partial charge on any atom is -0.347 e. The van der Waals surface area contributed by atoms with Crippen molar-refractivity contribution in [2.24, 2.45) is 0 Å². The number of carbonyl (C=O) groups is 2. The van der Waals surface area contributed by atoms with Gasteiger partial charge in [0.2, 0.25) is 0 Å². The van der Waals surface area contributed by atoms with Gasteiger partial charge >= 0.3 is 0 Å². The lowest BCUT2D eigenvalue weighted by Crippen LogP contribution is -2.46. The van der Waals surface area contributed by atoms with Crippen LogP contribution in [0.4, 0.5) is 0 Å². The number of pyridine rings is 1. The number of rotatable bonds is 7. The monoisotopic (exact) mass is 434 g/mol. The van der Waals surface area contributed by atoms with Crippen molar-refractivity contribution in [3.8, 4) is 0 Å². The maximum Gasteiger partial charge on any atom is 0.271 e. The number of benzene rings is 1. The largest absolute Gasteiger partial charge is 0.347 e. The fourth-order valence-electron chi connectivity index (χ4n) is 4.15. The van der Waals surface area contributed by atoms with Crippen LogP contribution >= 0.6 is 11.3 Å². The second kappa shape index (κ2) is 9.49. The zero-order valence-electron chi connectivity index (χ0n) is 17.6. The molecule has 1 N–H and O–H groups in total. The van der Waals surface area contributed by atoms with Crippen molar-refractivity contribution >= 4 is 23.0 Å². The van der Waals surface area contributed by atoms with Crippen LogP contribution in [-0.4, -0.2) is 39.6 Å². The molecular formula is C24H26N4O2S. The number of Topliss-reactive ketones (excluding diaryl/α,β-unsaturated/α-hetero) is 1. The van der Waals surface area contributed by atoms with Crippen molar-refractivity contribution < 1.29 is 9.59 Å². The first kappa shape index (κ1) is 21.3. The summed E-state index contributed by atoms with van der Waals surface area (Å²) in [7, 11) is 0. The molecule has 1 aromatic carbocycles. The van der Waals surface area contributed by atoms with Gasteiger partial charge in [0.1, 0.15) is 16.5 Å². The Balaban J connectivity index is 1.33. The summed E-state index contributed by atoms with van der Waals surface area (Å²) in [6, 6.07) is 13.9. The Kier molecular flexibility index (Phi) is 6.53. The number of aromatic nitrogens is 2. The highest BCUT2D eigenvalue weighted by Crippen LogP contribution is 2.37. The summed E-state index contributed by atoms with van der Waals surface area (Å²) in [6.45, 7) is 4.49. The van der Waals surface area contributed by atoms with Gasteiger partial charge in [-0.15, -0.1) is 11.3 Å². The van der Waals surface area contributed by atoms with Crippen LogP contribution < -0.4 is 5.32 Å². The molecule has 0 spiro atoms. The summed E-state index contributed by atoms with van der Waals surface area (Å²) in [5.41, 5.74) is 2.12. The number of likely N-dealkylation sites (tertiary alicyclic amines) is 1. The van der Waals surface area contributed by atoms with E-state index in [1.807, 2.05) is 35.7 Å².